The fourth-order valence-electron chi connectivity index (χ4n) is 2.31. The topological polar surface area (TPSA) is 34.4 Å². The number of furan rings is 1. The summed E-state index contributed by atoms with van der Waals surface area (Å²) in [5, 5.41) is 4.45. The predicted octanol–water partition coefficient (Wildman–Crippen LogP) is 4.49. The van der Waals surface area contributed by atoms with Gasteiger partial charge >= 0.3 is 0 Å². The second-order valence-corrected chi connectivity index (χ2v) is 5.74. The molecule has 0 saturated heterocycles. The molecule has 4 heteroatoms. The molecule has 0 radical (unpaired) electrons. The van der Waals surface area contributed by atoms with Crippen molar-refractivity contribution in [2.24, 2.45) is 0 Å². The Morgan fingerprint density at radius 2 is 1.95 bits per heavy atom. The van der Waals surface area contributed by atoms with Gasteiger partial charge in [0.1, 0.15) is 5.76 Å². The molecule has 0 aliphatic carbocycles. The molecule has 0 bridgehead atoms. The van der Waals surface area contributed by atoms with Gasteiger partial charge in [0, 0.05) is 16.4 Å². The van der Waals surface area contributed by atoms with E-state index in [-0.39, 0.29) is 0 Å². The number of ether oxygens (including phenoxy) is 1. The highest BCUT2D eigenvalue weighted by Gasteiger charge is 2.08. The summed E-state index contributed by atoms with van der Waals surface area (Å²) in [7, 11) is 1.66. The van der Waals surface area contributed by atoms with Gasteiger partial charge in [-0.05, 0) is 29.8 Å². The standard InChI is InChI=1S/C17H16BrNO2/c1-20-16-7-3-5-13-9-15(21-17(13)16)11-19-10-12-4-2-6-14(18)8-12/h2-9,19H,10-11H2,1H3. The van der Waals surface area contributed by atoms with E-state index in [1.807, 2.05) is 36.4 Å². The molecule has 0 unspecified atom stereocenters. The maximum Gasteiger partial charge on any atom is 0.176 e. The van der Waals surface area contributed by atoms with Crippen molar-refractivity contribution in [1.29, 1.82) is 0 Å². The van der Waals surface area contributed by atoms with Gasteiger partial charge in [0.15, 0.2) is 11.3 Å². The Kier molecular flexibility index (Phi) is 4.27. The molecule has 0 atom stereocenters. The second-order valence-electron chi connectivity index (χ2n) is 4.82. The van der Waals surface area contributed by atoms with E-state index >= 15 is 0 Å². The summed E-state index contributed by atoms with van der Waals surface area (Å²) in [5.41, 5.74) is 2.04. The molecule has 2 aromatic carbocycles. The lowest BCUT2D eigenvalue weighted by Gasteiger charge is -2.03. The van der Waals surface area contributed by atoms with Crippen molar-refractivity contribution in [3.8, 4) is 5.75 Å². The molecule has 0 spiro atoms. The molecule has 0 aliphatic rings. The average molecular weight is 346 g/mol. The minimum Gasteiger partial charge on any atom is -0.493 e. The minimum atomic E-state index is 0.685. The van der Waals surface area contributed by atoms with Gasteiger partial charge in [0.05, 0.1) is 13.7 Å². The summed E-state index contributed by atoms with van der Waals surface area (Å²) in [5.74, 6) is 1.68. The first kappa shape index (κ1) is 14.2. The van der Waals surface area contributed by atoms with Gasteiger partial charge < -0.3 is 14.5 Å². The first-order valence-corrected chi connectivity index (χ1v) is 7.56. The highest BCUT2D eigenvalue weighted by Crippen LogP contribution is 2.28. The number of para-hydroxylation sites is 1. The smallest absolute Gasteiger partial charge is 0.176 e. The number of fused-ring (bicyclic) bond motifs is 1. The Morgan fingerprint density at radius 1 is 1.10 bits per heavy atom. The van der Waals surface area contributed by atoms with Crippen LogP contribution in [0.1, 0.15) is 11.3 Å². The zero-order chi connectivity index (χ0) is 14.7. The van der Waals surface area contributed by atoms with Crippen molar-refractivity contribution in [1.82, 2.24) is 5.32 Å². The molecule has 1 heterocycles. The van der Waals surface area contributed by atoms with Crippen LogP contribution >= 0.6 is 15.9 Å². The van der Waals surface area contributed by atoms with E-state index in [9.17, 15) is 0 Å². The van der Waals surface area contributed by atoms with Gasteiger partial charge in [-0.2, -0.15) is 0 Å². The summed E-state index contributed by atoms with van der Waals surface area (Å²) in [6.07, 6.45) is 0. The average Bonchev–Trinajstić information content (AvgIpc) is 2.90. The van der Waals surface area contributed by atoms with Crippen molar-refractivity contribution >= 4 is 26.9 Å². The van der Waals surface area contributed by atoms with Crippen LogP contribution in [-0.2, 0) is 13.1 Å². The number of methoxy groups -OCH3 is 1. The Balaban J connectivity index is 1.68. The van der Waals surface area contributed by atoms with Crippen molar-refractivity contribution in [2.45, 2.75) is 13.1 Å². The van der Waals surface area contributed by atoms with E-state index < -0.39 is 0 Å². The Hall–Kier alpha value is -1.78. The molecule has 1 N–H and O–H groups in total. The highest BCUT2D eigenvalue weighted by atomic mass is 79.9. The molecule has 3 rings (SSSR count). The lowest BCUT2D eigenvalue weighted by atomic mass is 10.2. The van der Waals surface area contributed by atoms with Crippen LogP contribution in [-0.4, -0.2) is 7.11 Å². The summed E-state index contributed by atoms with van der Waals surface area (Å²) in [4.78, 5) is 0. The first-order valence-electron chi connectivity index (χ1n) is 6.77. The lowest BCUT2D eigenvalue weighted by Crippen LogP contribution is -2.11. The number of hydrogen-bond acceptors (Lipinski definition) is 3. The van der Waals surface area contributed by atoms with Gasteiger partial charge in [-0.3, -0.25) is 0 Å². The molecular formula is C17H16BrNO2. The summed E-state index contributed by atoms with van der Waals surface area (Å²) >= 11 is 3.48. The van der Waals surface area contributed by atoms with Gasteiger partial charge in [-0.15, -0.1) is 0 Å². The van der Waals surface area contributed by atoms with E-state index in [1.165, 1.54) is 5.56 Å². The van der Waals surface area contributed by atoms with Crippen LogP contribution in [0.25, 0.3) is 11.0 Å². The van der Waals surface area contributed by atoms with Crippen LogP contribution in [0, 0.1) is 0 Å². The van der Waals surface area contributed by atoms with Crippen molar-refractivity contribution in [3.05, 3.63) is 64.3 Å². The third kappa shape index (κ3) is 3.28. The molecule has 3 nitrogen and oxygen atoms in total. The molecule has 1 aromatic heterocycles. The van der Waals surface area contributed by atoms with E-state index in [0.717, 1.165) is 33.5 Å². The minimum absolute atomic E-state index is 0.685. The number of benzene rings is 2. The van der Waals surface area contributed by atoms with Crippen LogP contribution in [0.15, 0.2) is 57.4 Å². The number of hydrogen-bond donors (Lipinski definition) is 1. The Bertz CT molecular complexity index is 751. The number of rotatable bonds is 5. The van der Waals surface area contributed by atoms with E-state index in [0.29, 0.717) is 6.54 Å². The van der Waals surface area contributed by atoms with Crippen LogP contribution in [0.2, 0.25) is 0 Å². The van der Waals surface area contributed by atoms with Gasteiger partial charge in [0.25, 0.3) is 0 Å². The zero-order valence-corrected chi connectivity index (χ0v) is 13.3. The van der Waals surface area contributed by atoms with Gasteiger partial charge in [0.2, 0.25) is 0 Å². The fraction of sp³-hybridized carbons (Fsp3) is 0.176. The van der Waals surface area contributed by atoms with Crippen molar-refractivity contribution < 1.29 is 9.15 Å². The fourth-order valence-corrected chi connectivity index (χ4v) is 2.76. The van der Waals surface area contributed by atoms with Gasteiger partial charge in [-0.25, -0.2) is 0 Å². The highest BCUT2D eigenvalue weighted by molar-refractivity contribution is 9.10. The quantitative estimate of drug-likeness (QED) is 0.739. The SMILES string of the molecule is COc1cccc2cc(CNCc3cccc(Br)c3)oc12. The molecule has 0 fully saturated rings. The normalized spacial score (nSPS) is 11.0. The molecule has 3 aromatic rings. The summed E-state index contributed by atoms with van der Waals surface area (Å²) < 4.78 is 12.3. The van der Waals surface area contributed by atoms with Crippen LogP contribution in [0.3, 0.4) is 0 Å². The summed E-state index contributed by atoms with van der Waals surface area (Å²) in [6.45, 7) is 1.48. The van der Waals surface area contributed by atoms with Crippen molar-refractivity contribution in [2.75, 3.05) is 7.11 Å². The Morgan fingerprint density at radius 3 is 2.76 bits per heavy atom. The monoisotopic (exact) mass is 345 g/mol. The molecule has 0 aliphatic heterocycles. The first-order chi connectivity index (χ1) is 10.3. The molecular weight excluding hydrogens is 330 g/mol. The second kappa shape index (κ2) is 6.33. The predicted molar refractivity (Wildman–Crippen MR) is 87.5 cm³/mol. The zero-order valence-electron chi connectivity index (χ0n) is 11.7. The maximum atomic E-state index is 5.85. The number of halogens is 1. The molecule has 0 saturated carbocycles. The molecule has 21 heavy (non-hydrogen) atoms. The van der Waals surface area contributed by atoms with Crippen LogP contribution < -0.4 is 10.1 Å². The molecule has 108 valence electrons. The van der Waals surface area contributed by atoms with Crippen LogP contribution in [0.4, 0.5) is 0 Å². The Labute approximate surface area is 132 Å². The maximum absolute atomic E-state index is 5.85. The van der Waals surface area contributed by atoms with Crippen molar-refractivity contribution in [3.63, 3.8) is 0 Å². The number of nitrogens with one attached hydrogen (secondary N) is 1. The third-order valence-electron chi connectivity index (χ3n) is 3.30. The third-order valence-corrected chi connectivity index (χ3v) is 3.79. The largest absolute Gasteiger partial charge is 0.493 e. The van der Waals surface area contributed by atoms with E-state index in [1.54, 1.807) is 7.11 Å². The summed E-state index contributed by atoms with van der Waals surface area (Å²) in [6, 6.07) is 16.2. The molecule has 0 amide bonds. The van der Waals surface area contributed by atoms with Crippen LogP contribution in [0.5, 0.6) is 5.75 Å². The van der Waals surface area contributed by atoms with E-state index in [2.05, 4.69) is 33.4 Å². The van der Waals surface area contributed by atoms with Gasteiger partial charge in [-0.1, -0.05) is 40.2 Å². The lowest BCUT2D eigenvalue weighted by molar-refractivity contribution is 0.406. The van der Waals surface area contributed by atoms with E-state index in [4.69, 9.17) is 9.15 Å².